The third-order valence-electron chi connectivity index (χ3n) is 2.87. The van der Waals surface area contributed by atoms with Crippen molar-refractivity contribution in [3.05, 3.63) is 36.1 Å². The molecule has 1 nitrogen and oxygen atoms in total. The third kappa shape index (κ3) is 5.01. The Bertz CT molecular complexity index is 309. The maximum atomic E-state index is 6.09. The Labute approximate surface area is 119 Å². The molecule has 0 spiro atoms. The number of rotatable bonds is 2. The van der Waals surface area contributed by atoms with Crippen molar-refractivity contribution in [2.45, 2.75) is 38.9 Å². The van der Waals surface area contributed by atoms with Gasteiger partial charge in [-0.2, -0.15) is 0 Å². The average molecular weight is 308 g/mol. The Kier molecular flexibility index (Phi) is 7.90. The number of hydrogen-bond acceptors (Lipinski definition) is 1. The van der Waals surface area contributed by atoms with E-state index in [1.165, 1.54) is 0 Å². The van der Waals surface area contributed by atoms with E-state index in [-0.39, 0.29) is 36.9 Å². The zero-order valence-electron chi connectivity index (χ0n) is 10.8. The minimum atomic E-state index is -1.66. The van der Waals surface area contributed by atoms with Gasteiger partial charge in [0.2, 0.25) is 8.32 Å². The van der Waals surface area contributed by atoms with Gasteiger partial charge in [-0.25, -0.2) is 0 Å². The number of allylic oxidation sites excluding steroid dienone is 2. The Morgan fingerprint density at radius 2 is 1.75 bits per heavy atom. The fourth-order valence-corrected chi connectivity index (χ4v) is 1.92. The molecule has 0 N–H and O–H groups in total. The topological polar surface area (TPSA) is 9.23 Å². The van der Waals surface area contributed by atoms with Crippen LogP contribution in [0.4, 0.5) is 0 Å². The molecule has 4 heteroatoms. The molecule has 0 bridgehead atoms. The van der Waals surface area contributed by atoms with Gasteiger partial charge in [-0.1, -0.05) is 20.8 Å². The molecule has 0 saturated carbocycles. The summed E-state index contributed by atoms with van der Waals surface area (Å²) < 4.78 is 6.09. The first-order valence-corrected chi connectivity index (χ1v) is 7.89. The zero-order chi connectivity index (χ0) is 10.8. The van der Waals surface area contributed by atoms with Gasteiger partial charge in [-0.05, 0) is 36.4 Å². The van der Waals surface area contributed by atoms with Crippen LogP contribution in [-0.2, 0) is 23.9 Å². The predicted octanol–water partition coefficient (Wildman–Crippen LogP) is 0.823. The summed E-state index contributed by atoms with van der Waals surface area (Å²) in [6.45, 7) is 11.2. The standard InChI is InChI=1S/C12H19OSi.ClH.Zn/c1-12(2,3)14(4,5)13-11-9-7-6-8-10-11;;/h7-10H,1-5H3;1H;/p-1. The van der Waals surface area contributed by atoms with E-state index in [0.717, 1.165) is 5.76 Å². The number of hydrogen-bond donors (Lipinski definition) is 0. The van der Waals surface area contributed by atoms with E-state index in [0.29, 0.717) is 0 Å². The normalized spacial score (nSPS) is 14.7. The molecule has 16 heavy (non-hydrogen) atoms. The Balaban J connectivity index is 0. The summed E-state index contributed by atoms with van der Waals surface area (Å²) in [6.07, 6.45) is 7.73. The Morgan fingerprint density at radius 1 is 1.19 bits per heavy atom. The summed E-state index contributed by atoms with van der Waals surface area (Å²) in [5.41, 5.74) is 2.99. The first-order valence-electron chi connectivity index (χ1n) is 4.98. The van der Waals surface area contributed by atoms with Gasteiger partial charge in [0.15, 0.2) is 0 Å². The second-order valence-electron chi connectivity index (χ2n) is 5.10. The SMILES string of the molecule is CC(C)(C)[Si](C)(C)OC1=CC=C=C[CH]1.[Cl-].[Zn]. The van der Waals surface area contributed by atoms with Crippen LogP contribution in [0.1, 0.15) is 20.8 Å². The van der Waals surface area contributed by atoms with Gasteiger partial charge in [-0.3, -0.25) is 0 Å². The van der Waals surface area contributed by atoms with Crippen molar-refractivity contribution in [3.63, 3.8) is 0 Å². The monoisotopic (exact) mass is 306 g/mol. The van der Waals surface area contributed by atoms with Gasteiger partial charge in [-0.15, -0.1) is 5.73 Å². The van der Waals surface area contributed by atoms with Crippen LogP contribution in [0, 0.1) is 6.42 Å². The predicted molar refractivity (Wildman–Crippen MR) is 63.3 cm³/mol. The molecule has 0 aromatic rings. The molecular weight excluding hydrogens is 289 g/mol. The van der Waals surface area contributed by atoms with Gasteiger partial charge < -0.3 is 16.8 Å². The Morgan fingerprint density at radius 3 is 2.12 bits per heavy atom. The molecule has 0 atom stereocenters. The summed E-state index contributed by atoms with van der Waals surface area (Å²) in [5, 5.41) is 0.257. The van der Waals surface area contributed by atoms with Crippen LogP contribution < -0.4 is 12.4 Å². The molecule has 1 radical (unpaired) electrons. The van der Waals surface area contributed by atoms with Crippen LogP contribution in [-0.4, -0.2) is 8.32 Å². The molecule has 1 aliphatic rings. The molecule has 0 aromatic carbocycles. The minimum Gasteiger partial charge on any atom is -1.00 e. The summed E-state index contributed by atoms with van der Waals surface area (Å²) in [4.78, 5) is 0. The van der Waals surface area contributed by atoms with Crippen LogP contribution in [0.15, 0.2) is 29.7 Å². The molecule has 0 fully saturated rings. The van der Waals surface area contributed by atoms with Crippen LogP contribution in [0.25, 0.3) is 0 Å². The molecule has 0 aromatic heterocycles. The Hall–Kier alpha value is 0.190. The smallest absolute Gasteiger partial charge is 0.250 e. The van der Waals surface area contributed by atoms with Crippen molar-refractivity contribution < 1.29 is 36.3 Å². The summed E-state index contributed by atoms with van der Waals surface area (Å²) >= 11 is 0. The fraction of sp³-hybridized carbons (Fsp3) is 0.500. The average Bonchev–Trinajstić information content (AvgIpc) is 2.03. The van der Waals surface area contributed by atoms with Gasteiger partial charge in [0.1, 0.15) is 0 Å². The molecule has 0 saturated heterocycles. The zero-order valence-corrected chi connectivity index (χ0v) is 15.5. The van der Waals surface area contributed by atoms with Crippen LogP contribution >= 0.6 is 0 Å². The van der Waals surface area contributed by atoms with E-state index in [2.05, 4.69) is 39.6 Å². The van der Waals surface area contributed by atoms with Crippen LogP contribution in [0.5, 0.6) is 0 Å². The largest absolute Gasteiger partial charge is 1.00 e. The van der Waals surface area contributed by atoms with Gasteiger partial charge in [0.25, 0.3) is 0 Å². The van der Waals surface area contributed by atoms with Gasteiger partial charge in [0, 0.05) is 19.5 Å². The van der Waals surface area contributed by atoms with Crippen LogP contribution in [0.3, 0.4) is 0 Å². The second kappa shape index (κ2) is 6.81. The molecule has 87 valence electrons. The molecule has 1 aliphatic carbocycles. The molecule has 0 unspecified atom stereocenters. The quantitative estimate of drug-likeness (QED) is 0.542. The maximum Gasteiger partial charge on any atom is 0.250 e. The molecule has 0 aliphatic heterocycles. The van der Waals surface area contributed by atoms with Crippen molar-refractivity contribution in [1.29, 1.82) is 0 Å². The fourth-order valence-electron chi connectivity index (χ4n) is 0.887. The maximum absolute atomic E-state index is 6.09. The van der Waals surface area contributed by atoms with Crippen molar-refractivity contribution in [2.75, 3.05) is 0 Å². The molecule has 0 heterocycles. The van der Waals surface area contributed by atoms with Crippen molar-refractivity contribution in [1.82, 2.24) is 0 Å². The second-order valence-corrected chi connectivity index (χ2v) is 9.82. The van der Waals surface area contributed by atoms with Crippen LogP contribution in [0.2, 0.25) is 18.1 Å². The van der Waals surface area contributed by atoms with E-state index in [9.17, 15) is 0 Å². The van der Waals surface area contributed by atoms with E-state index in [4.69, 9.17) is 4.43 Å². The van der Waals surface area contributed by atoms with E-state index >= 15 is 0 Å². The van der Waals surface area contributed by atoms with Crippen molar-refractivity contribution in [3.8, 4) is 0 Å². The van der Waals surface area contributed by atoms with Crippen molar-refractivity contribution >= 4 is 8.32 Å². The molecular formula is C12H19ClOSiZn-. The van der Waals surface area contributed by atoms with Crippen molar-refractivity contribution in [2.24, 2.45) is 0 Å². The van der Waals surface area contributed by atoms with E-state index in [1.807, 2.05) is 24.6 Å². The van der Waals surface area contributed by atoms with Gasteiger partial charge >= 0.3 is 0 Å². The van der Waals surface area contributed by atoms with E-state index in [1.54, 1.807) is 0 Å². The van der Waals surface area contributed by atoms with E-state index < -0.39 is 8.32 Å². The summed E-state index contributed by atoms with van der Waals surface area (Å²) in [7, 11) is -1.66. The minimum absolute atomic E-state index is 0. The first-order chi connectivity index (χ1) is 6.33. The summed E-state index contributed by atoms with van der Waals surface area (Å²) in [5.74, 6) is 0.968. The number of halogens is 1. The third-order valence-corrected chi connectivity index (χ3v) is 7.23. The summed E-state index contributed by atoms with van der Waals surface area (Å²) in [6, 6.07) is 0. The molecule has 1 rings (SSSR count). The molecule has 0 amide bonds. The first kappa shape index (κ1) is 18.6. The van der Waals surface area contributed by atoms with Gasteiger partial charge in [0.05, 0.1) is 12.2 Å².